The summed E-state index contributed by atoms with van der Waals surface area (Å²) in [6.45, 7) is 8.87. The second-order valence-electron chi connectivity index (χ2n) is 7.63. The molecule has 0 saturated carbocycles. The van der Waals surface area contributed by atoms with Gasteiger partial charge in [-0.05, 0) is 51.2 Å². The molecule has 1 fully saturated rings. The molecule has 0 radical (unpaired) electrons. The van der Waals surface area contributed by atoms with Gasteiger partial charge in [-0.25, -0.2) is 4.79 Å². The van der Waals surface area contributed by atoms with Gasteiger partial charge in [0.1, 0.15) is 5.60 Å². The van der Waals surface area contributed by atoms with Crippen molar-refractivity contribution in [2.24, 2.45) is 0 Å². The summed E-state index contributed by atoms with van der Waals surface area (Å²) in [5, 5.41) is 3.08. The van der Waals surface area contributed by atoms with Crippen LogP contribution in [0.15, 0.2) is 24.3 Å². The Morgan fingerprint density at radius 2 is 1.92 bits per heavy atom. The summed E-state index contributed by atoms with van der Waals surface area (Å²) in [6.07, 6.45) is 2.76. The molecule has 2 rings (SSSR count). The van der Waals surface area contributed by atoms with Gasteiger partial charge in [-0.3, -0.25) is 4.79 Å². The Morgan fingerprint density at radius 1 is 1.24 bits per heavy atom. The average molecular weight is 346 g/mol. The number of rotatable bonds is 4. The highest BCUT2D eigenvalue weighted by Crippen LogP contribution is 2.16. The molecule has 1 heterocycles. The number of hydrogen-bond acceptors (Lipinski definition) is 3. The maximum Gasteiger partial charge on any atom is 0.410 e. The van der Waals surface area contributed by atoms with Crippen LogP contribution in [0.2, 0.25) is 0 Å². The van der Waals surface area contributed by atoms with Crippen LogP contribution in [0, 0.1) is 0 Å². The molecule has 138 valence electrons. The Hall–Kier alpha value is -2.04. The van der Waals surface area contributed by atoms with E-state index in [2.05, 4.69) is 18.3 Å². The van der Waals surface area contributed by atoms with Crippen molar-refractivity contribution in [2.45, 2.75) is 65.0 Å². The Labute approximate surface area is 150 Å². The van der Waals surface area contributed by atoms with Crippen molar-refractivity contribution < 1.29 is 14.3 Å². The maximum absolute atomic E-state index is 12.4. The topological polar surface area (TPSA) is 58.6 Å². The van der Waals surface area contributed by atoms with Crippen LogP contribution in [0.25, 0.3) is 0 Å². The van der Waals surface area contributed by atoms with Gasteiger partial charge in [0, 0.05) is 19.1 Å². The van der Waals surface area contributed by atoms with Crippen molar-refractivity contribution in [3.63, 3.8) is 0 Å². The molecule has 1 aromatic carbocycles. The van der Waals surface area contributed by atoms with Crippen LogP contribution >= 0.6 is 0 Å². The molecule has 1 N–H and O–H groups in total. The summed E-state index contributed by atoms with van der Waals surface area (Å²) >= 11 is 0. The lowest BCUT2D eigenvalue weighted by Gasteiger charge is -2.34. The summed E-state index contributed by atoms with van der Waals surface area (Å²) in [5.41, 5.74) is 1.77. The first-order valence-corrected chi connectivity index (χ1v) is 9.12. The van der Waals surface area contributed by atoms with Gasteiger partial charge in [0.2, 0.25) is 5.91 Å². The van der Waals surface area contributed by atoms with E-state index in [1.165, 1.54) is 5.56 Å². The number of likely N-dealkylation sites (tertiary alicyclic amines) is 1. The van der Waals surface area contributed by atoms with Crippen molar-refractivity contribution in [2.75, 3.05) is 13.1 Å². The molecule has 1 atom stereocenters. The molecule has 5 nitrogen and oxygen atoms in total. The van der Waals surface area contributed by atoms with E-state index in [-0.39, 0.29) is 18.0 Å². The number of carbonyl (C=O) groups is 2. The first-order chi connectivity index (χ1) is 11.8. The fourth-order valence-corrected chi connectivity index (χ4v) is 3.11. The van der Waals surface area contributed by atoms with Crippen LogP contribution in [-0.2, 0) is 22.4 Å². The molecule has 0 spiro atoms. The third kappa shape index (κ3) is 6.07. The Balaban J connectivity index is 1.89. The fourth-order valence-electron chi connectivity index (χ4n) is 3.11. The summed E-state index contributed by atoms with van der Waals surface area (Å²) in [7, 11) is 0. The monoisotopic (exact) mass is 346 g/mol. The van der Waals surface area contributed by atoms with Crippen LogP contribution in [0.4, 0.5) is 4.79 Å². The van der Waals surface area contributed by atoms with E-state index in [9.17, 15) is 9.59 Å². The second-order valence-corrected chi connectivity index (χ2v) is 7.63. The highest BCUT2D eigenvalue weighted by atomic mass is 16.6. The zero-order chi connectivity index (χ0) is 18.4. The minimum absolute atomic E-state index is 0.0111. The summed E-state index contributed by atoms with van der Waals surface area (Å²) < 4.78 is 5.43. The summed E-state index contributed by atoms with van der Waals surface area (Å²) in [5.74, 6) is 0.0111. The molecule has 0 unspecified atom stereocenters. The Morgan fingerprint density at radius 3 is 2.56 bits per heavy atom. The van der Waals surface area contributed by atoms with Crippen LogP contribution in [0.5, 0.6) is 0 Å². The molecule has 0 bridgehead atoms. The number of carbonyl (C=O) groups excluding carboxylic acids is 2. The predicted molar refractivity (Wildman–Crippen MR) is 98.5 cm³/mol. The first-order valence-electron chi connectivity index (χ1n) is 9.12. The molecular weight excluding hydrogens is 316 g/mol. The minimum Gasteiger partial charge on any atom is -0.444 e. The van der Waals surface area contributed by atoms with Gasteiger partial charge >= 0.3 is 6.09 Å². The molecule has 25 heavy (non-hydrogen) atoms. The zero-order valence-electron chi connectivity index (χ0n) is 15.8. The van der Waals surface area contributed by atoms with Crippen molar-refractivity contribution in [3.8, 4) is 0 Å². The van der Waals surface area contributed by atoms with E-state index in [0.717, 1.165) is 24.8 Å². The van der Waals surface area contributed by atoms with Crippen LogP contribution in [0.3, 0.4) is 0 Å². The van der Waals surface area contributed by atoms with Crippen molar-refractivity contribution in [1.29, 1.82) is 0 Å². The maximum atomic E-state index is 12.4. The lowest BCUT2D eigenvalue weighted by Crippen LogP contribution is -2.51. The van der Waals surface area contributed by atoms with Crippen LogP contribution < -0.4 is 5.32 Å². The molecule has 1 aliphatic heterocycles. The van der Waals surface area contributed by atoms with Gasteiger partial charge in [0.15, 0.2) is 0 Å². The molecule has 2 amide bonds. The van der Waals surface area contributed by atoms with E-state index in [1.807, 2.05) is 39.0 Å². The number of nitrogens with zero attached hydrogens (tertiary/aromatic N) is 1. The predicted octanol–water partition coefficient (Wildman–Crippen LogP) is 3.31. The van der Waals surface area contributed by atoms with Gasteiger partial charge in [-0.1, -0.05) is 31.2 Å². The smallest absolute Gasteiger partial charge is 0.410 e. The highest BCUT2D eigenvalue weighted by Gasteiger charge is 2.28. The van der Waals surface area contributed by atoms with Crippen LogP contribution in [0.1, 0.15) is 51.7 Å². The summed E-state index contributed by atoms with van der Waals surface area (Å²) in [6, 6.07) is 8.02. The third-order valence-electron chi connectivity index (χ3n) is 4.29. The van der Waals surface area contributed by atoms with Crippen molar-refractivity contribution in [3.05, 3.63) is 35.4 Å². The molecule has 1 aliphatic rings. The SMILES string of the molecule is CCc1ccccc1CC(=O)N[C@@H]1CCCN(C(=O)OC(C)(C)C)C1. The minimum atomic E-state index is -0.503. The van der Waals surface area contributed by atoms with Crippen molar-refractivity contribution in [1.82, 2.24) is 10.2 Å². The van der Waals surface area contributed by atoms with Gasteiger partial charge in [-0.2, -0.15) is 0 Å². The van der Waals surface area contributed by atoms with E-state index in [1.54, 1.807) is 4.90 Å². The number of benzene rings is 1. The number of piperidine rings is 1. The standard InChI is InChI=1S/C20H30N2O3/c1-5-15-9-6-7-10-16(15)13-18(23)21-17-11-8-12-22(14-17)19(24)25-20(2,3)4/h6-7,9-10,17H,5,8,11-14H2,1-4H3,(H,21,23)/t17-/m1/s1. The number of nitrogens with one attached hydrogen (secondary N) is 1. The second kappa shape index (κ2) is 8.37. The van der Waals surface area contributed by atoms with E-state index in [0.29, 0.717) is 19.5 Å². The molecular formula is C20H30N2O3. The molecule has 1 aromatic rings. The first kappa shape index (κ1) is 19.3. The Bertz CT molecular complexity index is 607. The zero-order valence-corrected chi connectivity index (χ0v) is 15.8. The van der Waals surface area contributed by atoms with Gasteiger partial charge in [-0.15, -0.1) is 0 Å². The lowest BCUT2D eigenvalue weighted by molar-refractivity contribution is -0.121. The number of hydrogen-bond donors (Lipinski definition) is 1. The average Bonchev–Trinajstić information content (AvgIpc) is 2.54. The fraction of sp³-hybridized carbons (Fsp3) is 0.600. The summed E-state index contributed by atoms with van der Waals surface area (Å²) in [4.78, 5) is 26.3. The normalized spacial score (nSPS) is 17.9. The quantitative estimate of drug-likeness (QED) is 0.910. The van der Waals surface area contributed by atoms with Crippen molar-refractivity contribution >= 4 is 12.0 Å². The number of ether oxygens (including phenoxy) is 1. The van der Waals surface area contributed by atoms with Crippen LogP contribution in [-0.4, -0.2) is 41.6 Å². The lowest BCUT2D eigenvalue weighted by atomic mass is 10.0. The molecule has 1 saturated heterocycles. The third-order valence-corrected chi connectivity index (χ3v) is 4.29. The highest BCUT2D eigenvalue weighted by molar-refractivity contribution is 5.79. The van der Waals surface area contributed by atoms with E-state index >= 15 is 0 Å². The van der Waals surface area contributed by atoms with Gasteiger partial charge in [0.25, 0.3) is 0 Å². The Kier molecular flexibility index (Phi) is 6.45. The largest absolute Gasteiger partial charge is 0.444 e. The van der Waals surface area contributed by atoms with Gasteiger partial charge < -0.3 is 15.0 Å². The number of amides is 2. The molecule has 5 heteroatoms. The van der Waals surface area contributed by atoms with E-state index in [4.69, 9.17) is 4.74 Å². The van der Waals surface area contributed by atoms with Gasteiger partial charge in [0.05, 0.1) is 6.42 Å². The molecule has 0 aromatic heterocycles. The van der Waals surface area contributed by atoms with E-state index < -0.39 is 5.60 Å². The molecule has 0 aliphatic carbocycles. The number of aryl methyl sites for hydroxylation is 1.